The molecule has 0 amide bonds. The van der Waals surface area contributed by atoms with Gasteiger partial charge in [0.25, 0.3) is 0 Å². The minimum Gasteiger partial charge on any atom is -0.492 e. The van der Waals surface area contributed by atoms with Gasteiger partial charge in [0.1, 0.15) is 24.7 Å². The fourth-order valence-electron chi connectivity index (χ4n) is 1.86. The van der Waals surface area contributed by atoms with E-state index in [2.05, 4.69) is 17.5 Å². The van der Waals surface area contributed by atoms with Crippen LogP contribution in [0.3, 0.4) is 0 Å². The Bertz CT molecular complexity index is 621. The summed E-state index contributed by atoms with van der Waals surface area (Å²) in [6, 6.07) is 18.2. The van der Waals surface area contributed by atoms with Crippen molar-refractivity contribution in [3.05, 3.63) is 59.7 Å². The third kappa shape index (κ3) is 5.70. The van der Waals surface area contributed by atoms with Crippen molar-refractivity contribution >= 4 is 0 Å². The molecule has 116 valence electrons. The lowest BCUT2D eigenvalue weighted by Gasteiger charge is -2.09. The molecule has 2 aromatic rings. The molecule has 0 fully saturated rings. The minimum absolute atomic E-state index is 0.544. The molecule has 5 nitrogen and oxygen atoms in total. The van der Waals surface area contributed by atoms with Gasteiger partial charge in [-0.2, -0.15) is 10.5 Å². The molecule has 0 heterocycles. The SMILES string of the molecule is N#Cc1ccc(OCCNCCOc2ccc(C#N)cc2)cc1. The van der Waals surface area contributed by atoms with Crippen LogP contribution in [0.25, 0.3) is 0 Å². The first-order valence-corrected chi connectivity index (χ1v) is 7.28. The normalized spacial score (nSPS) is 9.65. The average Bonchev–Trinajstić information content (AvgIpc) is 2.62. The van der Waals surface area contributed by atoms with Gasteiger partial charge in [-0.3, -0.25) is 0 Å². The zero-order valence-corrected chi connectivity index (χ0v) is 12.7. The maximum Gasteiger partial charge on any atom is 0.119 e. The predicted octanol–water partition coefficient (Wildman–Crippen LogP) is 2.48. The summed E-state index contributed by atoms with van der Waals surface area (Å²) >= 11 is 0. The summed E-state index contributed by atoms with van der Waals surface area (Å²) in [7, 11) is 0. The number of ether oxygens (including phenoxy) is 2. The second kappa shape index (κ2) is 9.09. The van der Waals surface area contributed by atoms with Gasteiger partial charge in [-0.05, 0) is 48.5 Å². The van der Waals surface area contributed by atoms with Crippen molar-refractivity contribution < 1.29 is 9.47 Å². The van der Waals surface area contributed by atoms with Gasteiger partial charge in [0.2, 0.25) is 0 Å². The smallest absolute Gasteiger partial charge is 0.119 e. The highest BCUT2D eigenvalue weighted by Crippen LogP contribution is 2.11. The highest BCUT2D eigenvalue weighted by molar-refractivity contribution is 5.35. The largest absolute Gasteiger partial charge is 0.492 e. The molecule has 0 aliphatic heterocycles. The van der Waals surface area contributed by atoms with Crippen LogP contribution < -0.4 is 14.8 Å². The number of rotatable bonds is 8. The molecule has 0 radical (unpaired) electrons. The molecular weight excluding hydrogens is 290 g/mol. The molecule has 0 spiro atoms. The van der Waals surface area contributed by atoms with E-state index in [0.29, 0.717) is 37.4 Å². The highest BCUT2D eigenvalue weighted by atomic mass is 16.5. The van der Waals surface area contributed by atoms with E-state index in [-0.39, 0.29) is 0 Å². The quantitative estimate of drug-likeness (QED) is 0.758. The highest BCUT2D eigenvalue weighted by Gasteiger charge is 1.96. The molecule has 0 atom stereocenters. The van der Waals surface area contributed by atoms with Gasteiger partial charge in [-0.15, -0.1) is 0 Å². The van der Waals surface area contributed by atoms with Crippen molar-refractivity contribution in [2.24, 2.45) is 0 Å². The van der Waals surface area contributed by atoms with Crippen LogP contribution in [0, 0.1) is 22.7 Å². The van der Waals surface area contributed by atoms with E-state index in [1.54, 1.807) is 48.5 Å². The molecule has 0 bridgehead atoms. The number of nitriles is 2. The first kappa shape index (κ1) is 16.4. The fourth-order valence-corrected chi connectivity index (χ4v) is 1.86. The second-order valence-corrected chi connectivity index (χ2v) is 4.72. The summed E-state index contributed by atoms with van der Waals surface area (Å²) in [5, 5.41) is 20.6. The molecular formula is C18H17N3O2. The van der Waals surface area contributed by atoms with Crippen LogP contribution in [0.5, 0.6) is 11.5 Å². The van der Waals surface area contributed by atoms with Crippen molar-refractivity contribution in [2.45, 2.75) is 0 Å². The molecule has 0 aromatic heterocycles. The Hall–Kier alpha value is -3.02. The van der Waals surface area contributed by atoms with E-state index in [4.69, 9.17) is 20.0 Å². The van der Waals surface area contributed by atoms with Crippen LogP contribution >= 0.6 is 0 Å². The Balaban J connectivity index is 1.55. The molecule has 0 unspecified atom stereocenters. The molecule has 2 aromatic carbocycles. The molecule has 5 heteroatoms. The first-order chi connectivity index (χ1) is 11.3. The summed E-state index contributed by atoms with van der Waals surface area (Å²) in [6.07, 6.45) is 0. The first-order valence-electron chi connectivity index (χ1n) is 7.28. The summed E-state index contributed by atoms with van der Waals surface area (Å²) in [6.45, 7) is 2.50. The standard InChI is InChI=1S/C18H17N3O2/c19-13-15-1-5-17(6-2-15)22-11-9-21-10-12-23-18-7-3-16(14-20)4-8-18/h1-8,21H,9-12H2. The summed E-state index contributed by atoms with van der Waals surface area (Å²) in [4.78, 5) is 0. The van der Waals surface area contributed by atoms with Crippen molar-refractivity contribution in [1.82, 2.24) is 5.32 Å². The number of benzene rings is 2. The number of hydrogen-bond acceptors (Lipinski definition) is 5. The zero-order valence-electron chi connectivity index (χ0n) is 12.7. The Labute approximate surface area is 135 Å². The zero-order chi connectivity index (χ0) is 16.3. The molecule has 0 saturated carbocycles. The minimum atomic E-state index is 0.544. The monoisotopic (exact) mass is 307 g/mol. The number of nitrogens with zero attached hydrogens (tertiary/aromatic N) is 2. The van der Waals surface area contributed by atoms with Gasteiger partial charge in [-0.1, -0.05) is 0 Å². The van der Waals surface area contributed by atoms with E-state index in [1.807, 2.05) is 0 Å². The maximum absolute atomic E-state index is 8.71. The second-order valence-electron chi connectivity index (χ2n) is 4.72. The molecule has 0 saturated heterocycles. The fraction of sp³-hybridized carbons (Fsp3) is 0.222. The third-order valence-electron chi connectivity index (χ3n) is 3.06. The van der Waals surface area contributed by atoms with Crippen LogP contribution in [0.15, 0.2) is 48.5 Å². The van der Waals surface area contributed by atoms with Crippen molar-refractivity contribution in [3.63, 3.8) is 0 Å². The van der Waals surface area contributed by atoms with Crippen molar-refractivity contribution in [1.29, 1.82) is 10.5 Å². The van der Waals surface area contributed by atoms with Gasteiger partial charge in [0.05, 0.1) is 23.3 Å². The van der Waals surface area contributed by atoms with E-state index < -0.39 is 0 Å². The molecule has 0 aliphatic carbocycles. The van der Waals surface area contributed by atoms with Gasteiger partial charge in [0.15, 0.2) is 0 Å². The molecule has 1 N–H and O–H groups in total. The predicted molar refractivity (Wildman–Crippen MR) is 86.2 cm³/mol. The maximum atomic E-state index is 8.71. The lowest BCUT2D eigenvalue weighted by Crippen LogP contribution is -2.25. The van der Waals surface area contributed by atoms with Gasteiger partial charge in [-0.25, -0.2) is 0 Å². The summed E-state index contributed by atoms with van der Waals surface area (Å²) in [5.41, 5.74) is 1.24. The third-order valence-corrected chi connectivity index (χ3v) is 3.06. The van der Waals surface area contributed by atoms with Crippen molar-refractivity contribution in [2.75, 3.05) is 26.3 Å². The van der Waals surface area contributed by atoms with Crippen LogP contribution in [0.1, 0.15) is 11.1 Å². The average molecular weight is 307 g/mol. The number of nitrogens with one attached hydrogen (secondary N) is 1. The van der Waals surface area contributed by atoms with Crippen LogP contribution in [-0.4, -0.2) is 26.3 Å². The molecule has 0 aliphatic rings. The van der Waals surface area contributed by atoms with Crippen molar-refractivity contribution in [3.8, 4) is 23.6 Å². The van der Waals surface area contributed by atoms with E-state index in [0.717, 1.165) is 11.5 Å². The Morgan fingerprint density at radius 1 is 0.696 bits per heavy atom. The number of hydrogen-bond donors (Lipinski definition) is 1. The Kier molecular flexibility index (Phi) is 6.46. The van der Waals surface area contributed by atoms with Gasteiger partial charge in [0, 0.05) is 13.1 Å². The Morgan fingerprint density at radius 3 is 1.43 bits per heavy atom. The Morgan fingerprint density at radius 2 is 1.09 bits per heavy atom. The summed E-state index contributed by atoms with van der Waals surface area (Å²) in [5.74, 6) is 1.50. The van der Waals surface area contributed by atoms with Crippen LogP contribution in [0.2, 0.25) is 0 Å². The van der Waals surface area contributed by atoms with Crippen LogP contribution in [0.4, 0.5) is 0 Å². The van der Waals surface area contributed by atoms with Gasteiger partial charge >= 0.3 is 0 Å². The topological polar surface area (TPSA) is 78.1 Å². The van der Waals surface area contributed by atoms with E-state index >= 15 is 0 Å². The lowest BCUT2D eigenvalue weighted by molar-refractivity contribution is 0.289. The van der Waals surface area contributed by atoms with Crippen LogP contribution in [-0.2, 0) is 0 Å². The molecule has 23 heavy (non-hydrogen) atoms. The van der Waals surface area contributed by atoms with Gasteiger partial charge < -0.3 is 14.8 Å². The van der Waals surface area contributed by atoms with E-state index in [9.17, 15) is 0 Å². The summed E-state index contributed by atoms with van der Waals surface area (Å²) < 4.78 is 11.1. The van der Waals surface area contributed by atoms with E-state index in [1.165, 1.54) is 0 Å². The lowest BCUT2D eigenvalue weighted by atomic mass is 10.2. The molecule has 2 rings (SSSR count).